The van der Waals surface area contributed by atoms with Crippen LogP contribution in [0.4, 0.5) is 4.39 Å². The molecular formula is C11H14BrFN2O2S. The molecule has 2 rings (SSSR count). The number of nitrogens with two attached hydrogens (primary N) is 1. The van der Waals surface area contributed by atoms with Crippen molar-refractivity contribution in [3.63, 3.8) is 0 Å². The Labute approximate surface area is 114 Å². The molecule has 0 aliphatic carbocycles. The van der Waals surface area contributed by atoms with Gasteiger partial charge in [0.2, 0.25) is 10.0 Å². The number of hydrogen-bond donors (Lipinski definition) is 1. The molecule has 0 spiro atoms. The van der Waals surface area contributed by atoms with Crippen LogP contribution in [0.5, 0.6) is 0 Å². The average molecular weight is 337 g/mol. The molecule has 1 fully saturated rings. The Bertz CT molecular complexity index is 550. The molecule has 4 nitrogen and oxygen atoms in total. The predicted octanol–water partition coefficient (Wildman–Crippen LogP) is 1.56. The summed E-state index contributed by atoms with van der Waals surface area (Å²) in [6.07, 6.45) is 0.772. The molecule has 18 heavy (non-hydrogen) atoms. The summed E-state index contributed by atoms with van der Waals surface area (Å²) in [6, 6.07) is 3.59. The Morgan fingerprint density at radius 2 is 2.22 bits per heavy atom. The maximum Gasteiger partial charge on any atom is 0.244 e. The lowest BCUT2D eigenvalue weighted by Crippen LogP contribution is -2.30. The molecule has 2 N–H and O–H groups in total. The number of nitrogens with zero attached hydrogens (tertiary/aromatic N) is 1. The van der Waals surface area contributed by atoms with Gasteiger partial charge in [0.25, 0.3) is 0 Å². The first-order valence-electron chi connectivity index (χ1n) is 5.60. The van der Waals surface area contributed by atoms with E-state index in [0.717, 1.165) is 18.6 Å². The van der Waals surface area contributed by atoms with E-state index in [1.807, 2.05) is 0 Å². The second kappa shape index (κ2) is 5.24. The van der Waals surface area contributed by atoms with Crippen molar-refractivity contribution in [3.8, 4) is 0 Å². The third-order valence-corrected chi connectivity index (χ3v) is 5.94. The van der Waals surface area contributed by atoms with Crippen molar-refractivity contribution < 1.29 is 12.8 Å². The molecule has 100 valence electrons. The molecule has 0 unspecified atom stereocenters. The molecule has 1 aliphatic rings. The van der Waals surface area contributed by atoms with E-state index in [2.05, 4.69) is 15.9 Å². The molecule has 1 aromatic rings. The van der Waals surface area contributed by atoms with Gasteiger partial charge in [-0.15, -0.1) is 0 Å². The second-order valence-electron chi connectivity index (χ2n) is 4.33. The fraction of sp³-hybridized carbons (Fsp3) is 0.455. The first-order valence-corrected chi connectivity index (χ1v) is 7.83. The van der Waals surface area contributed by atoms with E-state index in [1.54, 1.807) is 0 Å². The predicted molar refractivity (Wildman–Crippen MR) is 70.0 cm³/mol. The third kappa shape index (κ3) is 2.59. The lowest BCUT2D eigenvalue weighted by atomic mass is 10.1. The van der Waals surface area contributed by atoms with E-state index in [9.17, 15) is 12.8 Å². The van der Waals surface area contributed by atoms with Crippen molar-refractivity contribution in [3.05, 3.63) is 28.5 Å². The van der Waals surface area contributed by atoms with Crippen molar-refractivity contribution in [1.29, 1.82) is 0 Å². The summed E-state index contributed by atoms with van der Waals surface area (Å²) in [5, 5.41) is 0. The van der Waals surface area contributed by atoms with Gasteiger partial charge in [-0.1, -0.05) is 0 Å². The van der Waals surface area contributed by atoms with Gasteiger partial charge in [0.1, 0.15) is 5.82 Å². The van der Waals surface area contributed by atoms with Gasteiger partial charge in [-0.2, -0.15) is 4.31 Å². The molecule has 1 atom stereocenters. The molecule has 7 heteroatoms. The molecule has 1 aliphatic heterocycles. The quantitative estimate of drug-likeness (QED) is 0.910. The maximum absolute atomic E-state index is 13.0. The minimum Gasteiger partial charge on any atom is -0.330 e. The van der Waals surface area contributed by atoms with Gasteiger partial charge >= 0.3 is 0 Å². The van der Waals surface area contributed by atoms with Gasteiger partial charge in [-0.3, -0.25) is 0 Å². The molecule has 1 aromatic carbocycles. The minimum atomic E-state index is -3.56. The van der Waals surface area contributed by atoms with Crippen LogP contribution in [0.3, 0.4) is 0 Å². The smallest absolute Gasteiger partial charge is 0.244 e. The summed E-state index contributed by atoms with van der Waals surface area (Å²) in [4.78, 5) is 0.0987. The number of hydrogen-bond acceptors (Lipinski definition) is 3. The molecule has 0 bridgehead atoms. The van der Waals surface area contributed by atoms with Crippen molar-refractivity contribution in [2.45, 2.75) is 11.3 Å². The van der Waals surface area contributed by atoms with Gasteiger partial charge in [0.15, 0.2) is 0 Å². The Morgan fingerprint density at radius 1 is 1.50 bits per heavy atom. The highest BCUT2D eigenvalue weighted by Gasteiger charge is 2.33. The Hall–Kier alpha value is -0.500. The van der Waals surface area contributed by atoms with Crippen LogP contribution in [0.2, 0.25) is 0 Å². The van der Waals surface area contributed by atoms with E-state index in [4.69, 9.17) is 5.73 Å². The Morgan fingerprint density at radius 3 is 2.78 bits per heavy atom. The third-order valence-electron chi connectivity index (χ3n) is 3.09. The molecule has 0 aromatic heterocycles. The zero-order chi connectivity index (χ0) is 13.3. The largest absolute Gasteiger partial charge is 0.330 e. The first-order chi connectivity index (χ1) is 8.45. The van der Waals surface area contributed by atoms with Crippen LogP contribution in [-0.4, -0.2) is 32.4 Å². The summed E-state index contributed by atoms with van der Waals surface area (Å²) < 4.78 is 39.4. The molecule has 0 radical (unpaired) electrons. The summed E-state index contributed by atoms with van der Waals surface area (Å²) >= 11 is 3.09. The summed E-state index contributed by atoms with van der Waals surface area (Å²) in [5.41, 5.74) is 5.55. The van der Waals surface area contributed by atoms with Crippen LogP contribution in [-0.2, 0) is 10.0 Å². The van der Waals surface area contributed by atoms with Crippen LogP contribution in [0.25, 0.3) is 0 Å². The van der Waals surface area contributed by atoms with Crippen LogP contribution < -0.4 is 5.73 Å². The van der Waals surface area contributed by atoms with Crippen molar-refractivity contribution in [2.75, 3.05) is 19.6 Å². The zero-order valence-electron chi connectivity index (χ0n) is 9.64. The fourth-order valence-electron chi connectivity index (χ4n) is 2.03. The number of rotatable bonds is 3. The van der Waals surface area contributed by atoms with Crippen LogP contribution in [0.15, 0.2) is 27.6 Å². The van der Waals surface area contributed by atoms with Gasteiger partial charge < -0.3 is 5.73 Å². The van der Waals surface area contributed by atoms with Crippen molar-refractivity contribution in [2.24, 2.45) is 11.7 Å². The highest BCUT2D eigenvalue weighted by Crippen LogP contribution is 2.29. The first kappa shape index (κ1) is 13.9. The average Bonchev–Trinajstić information content (AvgIpc) is 2.77. The Kier molecular flexibility index (Phi) is 4.05. The molecular weight excluding hydrogens is 323 g/mol. The molecule has 1 heterocycles. The fourth-order valence-corrected chi connectivity index (χ4v) is 4.57. The lowest BCUT2D eigenvalue weighted by molar-refractivity contribution is 0.458. The van der Waals surface area contributed by atoms with Gasteiger partial charge in [-0.05, 0) is 53.0 Å². The van der Waals surface area contributed by atoms with Crippen molar-refractivity contribution in [1.82, 2.24) is 4.31 Å². The van der Waals surface area contributed by atoms with E-state index in [1.165, 1.54) is 10.4 Å². The van der Waals surface area contributed by atoms with E-state index in [-0.39, 0.29) is 15.3 Å². The van der Waals surface area contributed by atoms with Crippen LogP contribution in [0.1, 0.15) is 6.42 Å². The van der Waals surface area contributed by atoms with Crippen molar-refractivity contribution >= 4 is 26.0 Å². The monoisotopic (exact) mass is 336 g/mol. The normalized spacial score (nSPS) is 21.4. The number of sulfonamides is 1. The topological polar surface area (TPSA) is 63.4 Å². The molecule has 0 saturated carbocycles. The molecule has 1 saturated heterocycles. The lowest BCUT2D eigenvalue weighted by Gasteiger charge is -2.17. The minimum absolute atomic E-state index is 0.0987. The van der Waals surface area contributed by atoms with Crippen LogP contribution >= 0.6 is 15.9 Å². The summed E-state index contributed by atoms with van der Waals surface area (Å²) in [5.74, 6) is -0.263. The second-order valence-corrected chi connectivity index (χ2v) is 7.09. The van der Waals surface area contributed by atoms with E-state index < -0.39 is 15.8 Å². The van der Waals surface area contributed by atoms with Gasteiger partial charge in [0.05, 0.1) is 4.90 Å². The Balaban J connectivity index is 2.31. The van der Waals surface area contributed by atoms with E-state index in [0.29, 0.717) is 19.6 Å². The molecule has 0 amide bonds. The highest BCUT2D eigenvalue weighted by molar-refractivity contribution is 9.10. The SMILES string of the molecule is NC[C@H]1CCN(S(=O)(=O)c2ccc(F)cc2Br)C1. The number of benzene rings is 1. The highest BCUT2D eigenvalue weighted by atomic mass is 79.9. The van der Waals surface area contributed by atoms with E-state index >= 15 is 0 Å². The maximum atomic E-state index is 13.0. The standard InChI is InChI=1S/C11H14BrFN2O2S/c12-10-5-9(13)1-2-11(10)18(16,17)15-4-3-8(6-14)7-15/h1-2,5,8H,3-4,6-7,14H2/t8-/m1/s1. The van der Waals surface area contributed by atoms with Gasteiger partial charge in [0, 0.05) is 17.6 Å². The number of halogens is 2. The summed E-state index contributed by atoms with van der Waals surface area (Å²) in [6.45, 7) is 1.38. The van der Waals surface area contributed by atoms with Crippen LogP contribution in [0, 0.1) is 11.7 Å². The zero-order valence-corrected chi connectivity index (χ0v) is 12.0. The van der Waals surface area contributed by atoms with Gasteiger partial charge in [-0.25, -0.2) is 12.8 Å². The summed E-state index contributed by atoms with van der Waals surface area (Å²) in [7, 11) is -3.56.